The number of nitriles is 1. The lowest BCUT2D eigenvalue weighted by molar-refractivity contribution is 0.625. The van der Waals surface area contributed by atoms with Crippen LogP contribution < -0.4 is 4.90 Å². The molecule has 0 aliphatic carbocycles. The molecular formula is C16H14FN3. The first-order chi connectivity index (χ1) is 9.78. The van der Waals surface area contributed by atoms with Gasteiger partial charge >= 0.3 is 0 Å². The monoisotopic (exact) mass is 267 g/mol. The highest BCUT2D eigenvalue weighted by atomic mass is 19.1. The Hall–Kier alpha value is -2.41. The SMILES string of the molecule is N#Cc1cccnc1N1CCC(c2ccc(F)cc2)C1. The van der Waals surface area contributed by atoms with E-state index in [9.17, 15) is 4.39 Å². The van der Waals surface area contributed by atoms with Gasteiger partial charge in [0, 0.05) is 25.2 Å². The smallest absolute Gasteiger partial charge is 0.146 e. The third-order valence-electron chi connectivity index (χ3n) is 3.74. The van der Waals surface area contributed by atoms with Crippen molar-refractivity contribution < 1.29 is 4.39 Å². The van der Waals surface area contributed by atoms with Gasteiger partial charge in [-0.2, -0.15) is 5.26 Å². The summed E-state index contributed by atoms with van der Waals surface area (Å²) in [5, 5.41) is 9.13. The van der Waals surface area contributed by atoms with E-state index in [-0.39, 0.29) is 5.82 Å². The normalized spacial score (nSPS) is 18.0. The maximum atomic E-state index is 13.0. The molecule has 1 aromatic heterocycles. The second-order valence-corrected chi connectivity index (χ2v) is 4.97. The summed E-state index contributed by atoms with van der Waals surface area (Å²) in [7, 11) is 0. The summed E-state index contributed by atoms with van der Waals surface area (Å²) in [6.07, 6.45) is 2.70. The summed E-state index contributed by atoms with van der Waals surface area (Å²) in [5.74, 6) is 0.906. The molecule has 1 aliphatic heterocycles. The van der Waals surface area contributed by atoms with Crippen LogP contribution in [0.2, 0.25) is 0 Å². The third-order valence-corrected chi connectivity index (χ3v) is 3.74. The van der Waals surface area contributed by atoms with Crippen LogP contribution in [-0.2, 0) is 0 Å². The molecule has 0 saturated carbocycles. The Kier molecular flexibility index (Phi) is 3.34. The number of pyridine rings is 1. The molecule has 1 aromatic carbocycles. The number of aromatic nitrogens is 1. The first kappa shape index (κ1) is 12.6. The zero-order chi connectivity index (χ0) is 13.9. The molecule has 2 heterocycles. The van der Waals surface area contributed by atoms with E-state index in [1.54, 1.807) is 18.3 Å². The van der Waals surface area contributed by atoms with Crippen molar-refractivity contribution in [2.24, 2.45) is 0 Å². The van der Waals surface area contributed by atoms with Crippen LogP contribution in [-0.4, -0.2) is 18.1 Å². The molecule has 1 fully saturated rings. The van der Waals surface area contributed by atoms with E-state index in [1.807, 2.05) is 12.1 Å². The maximum absolute atomic E-state index is 13.0. The minimum absolute atomic E-state index is 0.208. The topological polar surface area (TPSA) is 39.9 Å². The highest BCUT2D eigenvalue weighted by Crippen LogP contribution is 2.31. The number of halogens is 1. The fourth-order valence-electron chi connectivity index (χ4n) is 2.70. The van der Waals surface area contributed by atoms with Crippen LogP contribution in [0.1, 0.15) is 23.5 Å². The molecule has 2 aromatic rings. The van der Waals surface area contributed by atoms with Gasteiger partial charge < -0.3 is 4.90 Å². The van der Waals surface area contributed by atoms with Crippen LogP contribution in [0, 0.1) is 17.1 Å². The van der Waals surface area contributed by atoms with Crippen molar-refractivity contribution in [3.63, 3.8) is 0 Å². The van der Waals surface area contributed by atoms with E-state index in [4.69, 9.17) is 5.26 Å². The van der Waals surface area contributed by atoms with Gasteiger partial charge in [0.2, 0.25) is 0 Å². The molecule has 0 amide bonds. The molecule has 0 N–H and O–H groups in total. The van der Waals surface area contributed by atoms with Gasteiger partial charge in [-0.3, -0.25) is 0 Å². The molecule has 4 heteroatoms. The van der Waals surface area contributed by atoms with Gasteiger partial charge in [-0.25, -0.2) is 9.37 Å². The number of anilines is 1. The highest BCUT2D eigenvalue weighted by Gasteiger charge is 2.26. The average Bonchev–Trinajstić information content (AvgIpc) is 2.97. The summed E-state index contributed by atoms with van der Waals surface area (Å²) in [6, 6.07) is 12.4. The van der Waals surface area contributed by atoms with E-state index in [1.165, 1.54) is 12.1 Å². The van der Waals surface area contributed by atoms with Crippen molar-refractivity contribution >= 4 is 5.82 Å². The maximum Gasteiger partial charge on any atom is 0.146 e. The van der Waals surface area contributed by atoms with E-state index < -0.39 is 0 Å². The van der Waals surface area contributed by atoms with E-state index in [0.29, 0.717) is 11.5 Å². The average molecular weight is 267 g/mol. The van der Waals surface area contributed by atoms with Crippen molar-refractivity contribution in [2.75, 3.05) is 18.0 Å². The predicted molar refractivity (Wildman–Crippen MR) is 74.9 cm³/mol. The van der Waals surface area contributed by atoms with Crippen molar-refractivity contribution in [2.45, 2.75) is 12.3 Å². The van der Waals surface area contributed by atoms with Crippen molar-refractivity contribution in [3.8, 4) is 6.07 Å². The number of nitrogens with zero attached hydrogens (tertiary/aromatic N) is 3. The van der Waals surface area contributed by atoms with Gasteiger partial charge in [-0.05, 0) is 36.2 Å². The Morgan fingerprint density at radius 3 is 2.80 bits per heavy atom. The molecule has 0 bridgehead atoms. The number of hydrogen-bond acceptors (Lipinski definition) is 3. The zero-order valence-electron chi connectivity index (χ0n) is 11.0. The molecule has 0 radical (unpaired) electrons. The molecule has 1 atom stereocenters. The van der Waals surface area contributed by atoms with E-state index in [2.05, 4.69) is 16.0 Å². The lowest BCUT2D eigenvalue weighted by Gasteiger charge is -2.18. The van der Waals surface area contributed by atoms with E-state index >= 15 is 0 Å². The molecule has 3 rings (SSSR count). The van der Waals surface area contributed by atoms with Gasteiger partial charge in [-0.15, -0.1) is 0 Å². The van der Waals surface area contributed by atoms with E-state index in [0.717, 1.165) is 30.9 Å². The lowest BCUT2D eigenvalue weighted by Crippen LogP contribution is -2.21. The summed E-state index contributed by atoms with van der Waals surface area (Å²) in [5.41, 5.74) is 1.75. The zero-order valence-corrected chi connectivity index (χ0v) is 11.0. The van der Waals surface area contributed by atoms with Gasteiger partial charge in [-0.1, -0.05) is 12.1 Å². The Morgan fingerprint density at radius 1 is 1.25 bits per heavy atom. The Morgan fingerprint density at radius 2 is 2.05 bits per heavy atom. The molecule has 0 spiro atoms. The van der Waals surface area contributed by atoms with Gasteiger partial charge in [0.1, 0.15) is 17.7 Å². The number of hydrogen-bond donors (Lipinski definition) is 0. The van der Waals surface area contributed by atoms with Gasteiger partial charge in [0.25, 0.3) is 0 Å². The van der Waals surface area contributed by atoms with Crippen LogP contribution in [0.3, 0.4) is 0 Å². The molecule has 1 unspecified atom stereocenters. The fraction of sp³-hybridized carbons (Fsp3) is 0.250. The van der Waals surface area contributed by atoms with Crippen LogP contribution in [0.15, 0.2) is 42.6 Å². The minimum atomic E-state index is -0.208. The first-order valence-electron chi connectivity index (χ1n) is 6.63. The molecule has 20 heavy (non-hydrogen) atoms. The van der Waals surface area contributed by atoms with Crippen molar-refractivity contribution in [1.29, 1.82) is 5.26 Å². The van der Waals surface area contributed by atoms with Gasteiger partial charge in [0.15, 0.2) is 0 Å². The van der Waals surface area contributed by atoms with Crippen LogP contribution in [0.4, 0.5) is 10.2 Å². The lowest BCUT2D eigenvalue weighted by atomic mass is 9.99. The second-order valence-electron chi connectivity index (χ2n) is 4.97. The minimum Gasteiger partial charge on any atom is -0.355 e. The van der Waals surface area contributed by atoms with Gasteiger partial charge in [0.05, 0.1) is 5.56 Å². The Balaban J connectivity index is 1.80. The molecule has 100 valence electrons. The van der Waals surface area contributed by atoms with Crippen molar-refractivity contribution in [1.82, 2.24) is 4.98 Å². The number of benzene rings is 1. The Bertz CT molecular complexity index is 646. The summed E-state index contributed by atoms with van der Waals surface area (Å²) in [6.45, 7) is 1.69. The first-order valence-corrected chi connectivity index (χ1v) is 6.63. The third kappa shape index (κ3) is 2.35. The predicted octanol–water partition coefficient (Wildman–Crippen LogP) is 3.09. The second kappa shape index (κ2) is 5.30. The molecule has 3 nitrogen and oxygen atoms in total. The summed E-state index contributed by atoms with van der Waals surface area (Å²) >= 11 is 0. The number of rotatable bonds is 2. The van der Waals surface area contributed by atoms with Crippen LogP contribution in [0.5, 0.6) is 0 Å². The Labute approximate surface area is 117 Å². The molecule has 1 saturated heterocycles. The van der Waals surface area contributed by atoms with Crippen LogP contribution in [0.25, 0.3) is 0 Å². The highest BCUT2D eigenvalue weighted by molar-refractivity contribution is 5.54. The van der Waals surface area contributed by atoms with Crippen LogP contribution >= 0.6 is 0 Å². The van der Waals surface area contributed by atoms with Crippen molar-refractivity contribution in [3.05, 3.63) is 59.5 Å². The molecule has 1 aliphatic rings. The summed E-state index contributed by atoms with van der Waals surface area (Å²) in [4.78, 5) is 6.45. The fourth-order valence-corrected chi connectivity index (χ4v) is 2.70. The standard InChI is InChI=1S/C16H14FN3/c17-15-5-3-12(4-6-15)14-7-9-20(11-14)16-13(10-18)2-1-8-19-16/h1-6,8,14H,7,9,11H2. The largest absolute Gasteiger partial charge is 0.355 e. The summed E-state index contributed by atoms with van der Waals surface area (Å²) < 4.78 is 13.0. The quantitative estimate of drug-likeness (QED) is 0.839. The molecular weight excluding hydrogens is 253 g/mol.